The normalized spacial score (nSPS) is 12.0. The van der Waals surface area contributed by atoms with Gasteiger partial charge in [0.2, 0.25) is 0 Å². The first-order chi connectivity index (χ1) is 8.52. The third-order valence-electron chi connectivity index (χ3n) is 2.03. The summed E-state index contributed by atoms with van der Waals surface area (Å²) in [5.41, 5.74) is 0.118. The lowest BCUT2D eigenvalue weighted by molar-refractivity contribution is 0.0663. The Hall–Kier alpha value is -1.73. The average molecular weight is 260 g/mol. The molecular formula is C11H14F2N2O3. The molecule has 0 aliphatic rings. The quantitative estimate of drug-likeness (QED) is 0.742. The van der Waals surface area contributed by atoms with Gasteiger partial charge in [0.05, 0.1) is 12.7 Å². The number of halogens is 2. The Bertz CT molecular complexity index is 415. The van der Waals surface area contributed by atoms with Crippen LogP contribution in [0.3, 0.4) is 0 Å². The van der Waals surface area contributed by atoms with Crippen molar-refractivity contribution in [2.45, 2.75) is 6.10 Å². The van der Waals surface area contributed by atoms with Gasteiger partial charge >= 0.3 is 6.03 Å². The van der Waals surface area contributed by atoms with E-state index in [9.17, 15) is 18.7 Å². The van der Waals surface area contributed by atoms with Crippen molar-refractivity contribution in [3.05, 3.63) is 29.8 Å². The number of anilines is 1. The van der Waals surface area contributed by atoms with Crippen molar-refractivity contribution in [2.75, 3.05) is 25.6 Å². The van der Waals surface area contributed by atoms with E-state index >= 15 is 0 Å². The predicted octanol–water partition coefficient (Wildman–Crippen LogP) is 1.09. The lowest BCUT2D eigenvalue weighted by Gasteiger charge is -2.11. The topological polar surface area (TPSA) is 70.6 Å². The van der Waals surface area contributed by atoms with Gasteiger partial charge in [-0.2, -0.15) is 0 Å². The number of ether oxygens (including phenoxy) is 1. The Morgan fingerprint density at radius 2 is 2.17 bits per heavy atom. The fourth-order valence-electron chi connectivity index (χ4n) is 1.21. The number of carbonyl (C=O) groups is 1. The number of urea groups is 1. The van der Waals surface area contributed by atoms with Crippen molar-refractivity contribution < 1.29 is 23.4 Å². The van der Waals surface area contributed by atoms with Gasteiger partial charge in [-0.05, 0) is 12.1 Å². The minimum absolute atomic E-state index is 0.0106. The molecule has 0 saturated heterocycles. The van der Waals surface area contributed by atoms with Crippen LogP contribution in [0.1, 0.15) is 0 Å². The van der Waals surface area contributed by atoms with E-state index < -0.39 is 23.8 Å². The molecule has 0 aliphatic carbocycles. The van der Waals surface area contributed by atoms with Crippen LogP contribution in [0.2, 0.25) is 0 Å². The molecule has 18 heavy (non-hydrogen) atoms. The van der Waals surface area contributed by atoms with E-state index in [1.54, 1.807) is 0 Å². The third kappa shape index (κ3) is 4.64. The molecule has 0 bridgehead atoms. The summed E-state index contributed by atoms with van der Waals surface area (Å²) in [6.45, 7) is 0.0782. The summed E-state index contributed by atoms with van der Waals surface area (Å²) >= 11 is 0. The van der Waals surface area contributed by atoms with Gasteiger partial charge in [0.15, 0.2) is 11.6 Å². The SMILES string of the molecule is COCC(O)CNC(=O)Nc1ccc(F)c(F)c1. The van der Waals surface area contributed by atoms with Gasteiger partial charge in [0.25, 0.3) is 0 Å². The lowest BCUT2D eigenvalue weighted by atomic mass is 10.3. The summed E-state index contributed by atoms with van der Waals surface area (Å²) < 4.78 is 30.1. The number of nitrogens with one attached hydrogen (secondary N) is 2. The molecule has 1 atom stereocenters. The van der Waals surface area contributed by atoms with Crippen LogP contribution in [0.25, 0.3) is 0 Å². The molecular weight excluding hydrogens is 246 g/mol. The van der Waals surface area contributed by atoms with Crippen molar-refractivity contribution in [3.8, 4) is 0 Å². The highest BCUT2D eigenvalue weighted by Crippen LogP contribution is 2.12. The van der Waals surface area contributed by atoms with Crippen molar-refractivity contribution in [1.82, 2.24) is 5.32 Å². The lowest BCUT2D eigenvalue weighted by Crippen LogP contribution is -2.37. The summed E-state index contributed by atoms with van der Waals surface area (Å²) in [6.07, 6.45) is -0.828. The zero-order chi connectivity index (χ0) is 13.5. The number of carbonyl (C=O) groups excluding carboxylic acids is 1. The van der Waals surface area contributed by atoms with E-state index in [1.165, 1.54) is 13.2 Å². The van der Waals surface area contributed by atoms with E-state index in [0.717, 1.165) is 12.1 Å². The number of amides is 2. The van der Waals surface area contributed by atoms with Crippen LogP contribution in [0, 0.1) is 11.6 Å². The molecule has 7 heteroatoms. The van der Waals surface area contributed by atoms with E-state index in [1.807, 2.05) is 0 Å². The number of aliphatic hydroxyl groups is 1. The number of benzene rings is 1. The molecule has 0 spiro atoms. The molecule has 1 unspecified atom stereocenters. The number of rotatable bonds is 5. The van der Waals surface area contributed by atoms with Crippen LogP contribution in [0.4, 0.5) is 19.3 Å². The molecule has 3 N–H and O–H groups in total. The third-order valence-corrected chi connectivity index (χ3v) is 2.03. The predicted molar refractivity (Wildman–Crippen MR) is 61.3 cm³/mol. The second-order valence-corrected chi connectivity index (χ2v) is 3.57. The number of aliphatic hydroxyl groups excluding tert-OH is 1. The second kappa shape index (κ2) is 6.87. The first-order valence-electron chi connectivity index (χ1n) is 5.20. The molecule has 0 aromatic heterocycles. The molecule has 0 fully saturated rings. The van der Waals surface area contributed by atoms with E-state index in [4.69, 9.17) is 0 Å². The van der Waals surface area contributed by atoms with E-state index in [0.29, 0.717) is 0 Å². The molecule has 0 radical (unpaired) electrons. The van der Waals surface area contributed by atoms with Crippen molar-refractivity contribution in [1.29, 1.82) is 0 Å². The van der Waals surface area contributed by atoms with Crippen molar-refractivity contribution in [2.24, 2.45) is 0 Å². The molecule has 0 saturated carbocycles. The molecule has 1 rings (SSSR count). The Balaban J connectivity index is 2.42. The molecule has 0 aliphatic heterocycles. The van der Waals surface area contributed by atoms with Crippen LogP contribution in [-0.4, -0.2) is 37.5 Å². The Labute approximate surface area is 103 Å². The van der Waals surface area contributed by atoms with Crippen molar-refractivity contribution >= 4 is 11.7 Å². The Kier molecular flexibility index (Phi) is 5.47. The van der Waals surface area contributed by atoms with Gasteiger partial charge in [0.1, 0.15) is 0 Å². The largest absolute Gasteiger partial charge is 0.389 e. The number of hydrogen-bond acceptors (Lipinski definition) is 3. The highest BCUT2D eigenvalue weighted by atomic mass is 19.2. The highest BCUT2D eigenvalue weighted by molar-refractivity contribution is 5.89. The Morgan fingerprint density at radius 3 is 2.78 bits per heavy atom. The van der Waals surface area contributed by atoms with Crippen molar-refractivity contribution in [3.63, 3.8) is 0 Å². The van der Waals surface area contributed by atoms with E-state index in [2.05, 4.69) is 15.4 Å². The molecule has 5 nitrogen and oxygen atoms in total. The summed E-state index contributed by atoms with van der Waals surface area (Å²) in [5, 5.41) is 13.9. The fraction of sp³-hybridized carbons (Fsp3) is 0.364. The fourth-order valence-corrected chi connectivity index (χ4v) is 1.21. The number of methoxy groups -OCH3 is 1. The van der Waals surface area contributed by atoms with Gasteiger partial charge < -0.3 is 20.5 Å². The van der Waals surface area contributed by atoms with Gasteiger partial charge in [-0.15, -0.1) is 0 Å². The van der Waals surface area contributed by atoms with Gasteiger partial charge in [-0.25, -0.2) is 13.6 Å². The van der Waals surface area contributed by atoms with Crippen LogP contribution < -0.4 is 10.6 Å². The van der Waals surface area contributed by atoms with Crippen LogP contribution in [0.15, 0.2) is 18.2 Å². The standard InChI is InChI=1S/C11H14F2N2O3/c1-18-6-8(16)5-14-11(17)15-7-2-3-9(12)10(13)4-7/h2-4,8,16H,5-6H2,1H3,(H2,14,15,17). The van der Waals surface area contributed by atoms with Gasteiger partial charge in [-0.1, -0.05) is 0 Å². The average Bonchev–Trinajstić information content (AvgIpc) is 2.32. The molecule has 0 heterocycles. The monoisotopic (exact) mass is 260 g/mol. The zero-order valence-corrected chi connectivity index (χ0v) is 9.74. The molecule has 1 aromatic carbocycles. The first-order valence-corrected chi connectivity index (χ1v) is 5.20. The summed E-state index contributed by atoms with van der Waals surface area (Å²) in [5.74, 6) is -2.04. The minimum Gasteiger partial charge on any atom is -0.389 e. The van der Waals surface area contributed by atoms with Gasteiger partial charge in [-0.3, -0.25) is 0 Å². The zero-order valence-electron chi connectivity index (χ0n) is 9.74. The molecule has 2 amide bonds. The van der Waals surface area contributed by atoms with Crippen LogP contribution in [-0.2, 0) is 4.74 Å². The first kappa shape index (κ1) is 14.3. The summed E-state index contributed by atoms with van der Waals surface area (Å²) in [7, 11) is 1.42. The maximum atomic E-state index is 12.8. The van der Waals surface area contributed by atoms with Crippen LogP contribution >= 0.6 is 0 Å². The van der Waals surface area contributed by atoms with Crippen LogP contribution in [0.5, 0.6) is 0 Å². The molecule has 1 aromatic rings. The maximum absolute atomic E-state index is 12.8. The van der Waals surface area contributed by atoms with E-state index in [-0.39, 0.29) is 18.8 Å². The second-order valence-electron chi connectivity index (χ2n) is 3.57. The smallest absolute Gasteiger partial charge is 0.319 e. The number of hydrogen-bond donors (Lipinski definition) is 3. The molecule has 100 valence electrons. The Morgan fingerprint density at radius 1 is 1.44 bits per heavy atom. The van der Waals surface area contributed by atoms with Gasteiger partial charge in [0, 0.05) is 25.4 Å². The minimum atomic E-state index is -1.05. The maximum Gasteiger partial charge on any atom is 0.319 e. The highest BCUT2D eigenvalue weighted by Gasteiger charge is 2.08. The summed E-state index contributed by atoms with van der Waals surface area (Å²) in [6, 6.07) is 2.37. The summed E-state index contributed by atoms with van der Waals surface area (Å²) in [4.78, 5) is 11.3.